The van der Waals surface area contributed by atoms with Crippen LogP contribution in [0.5, 0.6) is 0 Å². The van der Waals surface area contributed by atoms with Crippen molar-refractivity contribution in [2.75, 3.05) is 6.54 Å². The van der Waals surface area contributed by atoms with Crippen molar-refractivity contribution in [3.8, 4) is 0 Å². The third-order valence-corrected chi connectivity index (χ3v) is 5.04. The van der Waals surface area contributed by atoms with E-state index >= 15 is 0 Å². The van der Waals surface area contributed by atoms with E-state index in [1.54, 1.807) is 6.92 Å². The van der Waals surface area contributed by atoms with Crippen molar-refractivity contribution in [2.45, 2.75) is 31.8 Å². The van der Waals surface area contributed by atoms with Gasteiger partial charge in [0.15, 0.2) is 9.84 Å². The zero-order chi connectivity index (χ0) is 12.3. The van der Waals surface area contributed by atoms with Crippen molar-refractivity contribution in [3.05, 3.63) is 34.9 Å². The number of sulfone groups is 1. The zero-order valence-electron chi connectivity index (χ0n) is 10.0. The Balaban J connectivity index is 2.93. The average molecular weight is 241 g/mol. The first kappa shape index (κ1) is 13.2. The summed E-state index contributed by atoms with van der Waals surface area (Å²) < 4.78 is 23.7. The second kappa shape index (κ2) is 4.97. The molecule has 0 aliphatic carbocycles. The fourth-order valence-electron chi connectivity index (χ4n) is 1.41. The average Bonchev–Trinajstić information content (AvgIpc) is 2.22. The molecule has 90 valence electrons. The maximum absolute atomic E-state index is 11.8. The van der Waals surface area contributed by atoms with Gasteiger partial charge in [-0.05, 0) is 37.5 Å². The van der Waals surface area contributed by atoms with Gasteiger partial charge in [-0.15, -0.1) is 0 Å². The van der Waals surface area contributed by atoms with E-state index in [2.05, 4.69) is 0 Å². The van der Waals surface area contributed by atoms with Crippen molar-refractivity contribution in [1.29, 1.82) is 0 Å². The first-order valence-corrected chi connectivity index (χ1v) is 7.06. The van der Waals surface area contributed by atoms with Crippen LogP contribution < -0.4 is 5.73 Å². The van der Waals surface area contributed by atoms with E-state index in [-0.39, 0.29) is 12.3 Å². The number of rotatable bonds is 4. The molecule has 0 aliphatic heterocycles. The molecule has 0 spiro atoms. The Hall–Kier alpha value is -0.870. The maximum atomic E-state index is 11.8. The number of hydrogen-bond donors (Lipinski definition) is 1. The quantitative estimate of drug-likeness (QED) is 0.870. The van der Waals surface area contributed by atoms with Gasteiger partial charge in [0.1, 0.15) is 0 Å². The van der Waals surface area contributed by atoms with E-state index < -0.39 is 15.1 Å². The SMILES string of the molecule is Cc1ccc(CS(=O)(=O)C(C)CN)cc1C. The summed E-state index contributed by atoms with van der Waals surface area (Å²) in [6, 6.07) is 5.74. The molecule has 3 nitrogen and oxygen atoms in total. The van der Waals surface area contributed by atoms with Gasteiger partial charge in [-0.2, -0.15) is 0 Å². The highest BCUT2D eigenvalue weighted by Gasteiger charge is 2.19. The molecule has 1 unspecified atom stereocenters. The van der Waals surface area contributed by atoms with Crippen LogP contribution in [0.1, 0.15) is 23.6 Å². The highest BCUT2D eigenvalue weighted by atomic mass is 32.2. The van der Waals surface area contributed by atoms with E-state index in [9.17, 15) is 8.42 Å². The molecular weight excluding hydrogens is 222 g/mol. The Morgan fingerprint density at radius 3 is 2.38 bits per heavy atom. The monoisotopic (exact) mass is 241 g/mol. The molecular formula is C12H19NO2S. The van der Waals surface area contributed by atoms with Gasteiger partial charge in [0, 0.05) is 6.54 Å². The van der Waals surface area contributed by atoms with E-state index in [1.807, 2.05) is 32.0 Å². The first-order chi connectivity index (χ1) is 7.36. The van der Waals surface area contributed by atoms with Gasteiger partial charge in [-0.3, -0.25) is 0 Å². The Morgan fingerprint density at radius 1 is 1.25 bits per heavy atom. The van der Waals surface area contributed by atoms with Crippen molar-refractivity contribution in [1.82, 2.24) is 0 Å². The largest absolute Gasteiger partial charge is 0.329 e. The highest BCUT2D eigenvalue weighted by Crippen LogP contribution is 2.14. The van der Waals surface area contributed by atoms with Gasteiger partial charge in [-0.25, -0.2) is 8.42 Å². The van der Waals surface area contributed by atoms with Crippen LogP contribution in [0.15, 0.2) is 18.2 Å². The summed E-state index contributed by atoms with van der Waals surface area (Å²) in [5.41, 5.74) is 8.52. The zero-order valence-corrected chi connectivity index (χ0v) is 10.8. The van der Waals surface area contributed by atoms with Crippen molar-refractivity contribution in [3.63, 3.8) is 0 Å². The Labute approximate surface area is 97.6 Å². The summed E-state index contributed by atoms with van der Waals surface area (Å²) in [5, 5.41) is -0.478. The molecule has 1 rings (SSSR count). The molecule has 0 amide bonds. The van der Waals surface area contributed by atoms with E-state index in [0.717, 1.165) is 11.1 Å². The van der Waals surface area contributed by atoms with Gasteiger partial charge in [0.25, 0.3) is 0 Å². The number of nitrogens with two attached hydrogens (primary N) is 1. The molecule has 1 aromatic rings. The molecule has 0 saturated heterocycles. The second-order valence-electron chi connectivity index (χ2n) is 4.27. The topological polar surface area (TPSA) is 60.2 Å². The molecule has 0 radical (unpaired) electrons. The summed E-state index contributed by atoms with van der Waals surface area (Å²) >= 11 is 0. The molecule has 2 N–H and O–H groups in total. The van der Waals surface area contributed by atoms with Crippen LogP contribution in [0, 0.1) is 13.8 Å². The minimum atomic E-state index is -3.12. The van der Waals surface area contributed by atoms with Crippen molar-refractivity contribution >= 4 is 9.84 Å². The predicted octanol–water partition coefficient (Wildman–Crippen LogP) is 1.57. The van der Waals surface area contributed by atoms with Crippen LogP contribution in [0.25, 0.3) is 0 Å². The Kier molecular flexibility index (Phi) is 4.10. The van der Waals surface area contributed by atoms with Gasteiger partial charge < -0.3 is 5.73 Å². The third kappa shape index (κ3) is 3.06. The lowest BCUT2D eigenvalue weighted by atomic mass is 10.1. The molecule has 0 fully saturated rings. The van der Waals surface area contributed by atoms with Crippen LogP contribution in [0.3, 0.4) is 0 Å². The number of benzene rings is 1. The minimum absolute atomic E-state index is 0.0759. The second-order valence-corrected chi connectivity index (χ2v) is 6.69. The fourth-order valence-corrected chi connectivity index (χ4v) is 2.64. The van der Waals surface area contributed by atoms with Gasteiger partial charge >= 0.3 is 0 Å². The standard InChI is InChI=1S/C12H19NO2S/c1-9-4-5-12(6-10(9)2)8-16(14,15)11(3)7-13/h4-6,11H,7-8,13H2,1-3H3. The van der Waals surface area contributed by atoms with Crippen LogP contribution in [-0.2, 0) is 15.6 Å². The van der Waals surface area contributed by atoms with Gasteiger partial charge in [0.2, 0.25) is 0 Å². The van der Waals surface area contributed by atoms with Crippen LogP contribution in [0.4, 0.5) is 0 Å². The summed E-state index contributed by atoms with van der Waals surface area (Å²) in [4.78, 5) is 0. The molecule has 1 atom stereocenters. The lowest BCUT2D eigenvalue weighted by molar-refractivity contribution is 0.583. The lowest BCUT2D eigenvalue weighted by Crippen LogP contribution is -2.27. The lowest BCUT2D eigenvalue weighted by Gasteiger charge is -2.11. The molecule has 0 heterocycles. The van der Waals surface area contributed by atoms with Crippen molar-refractivity contribution in [2.24, 2.45) is 5.73 Å². The molecule has 4 heteroatoms. The normalized spacial score (nSPS) is 13.8. The summed E-state index contributed by atoms with van der Waals surface area (Å²) in [6.07, 6.45) is 0. The van der Waals surface area contributed by atoms with Crippen LogP contribution >= 0.6 is 0 Å². The van der Waals surface area contributed by atoms with E-state index in [4.69, 9.17) is 5.73 Å². The fraction of sp³-hybridized carbons (Fsp3) is 0.500. The molecule has 0 saturated carbocycles. The predicted molar refractivity (Wildman–Crippen MR) is 67.1 cm³/mol. The van der Waals surface area contributed by atoms with E-state index in [1.165, 1.54) is 5.56 Å². The molecule has 1 aromatic carbocycles. The highest BCUT2D eigenvalue weighted by molar-refractivity contribution is 7.91. The van der Waals surface area contributed by atoms with Crippen LogP contribution in [0.2, 0.25) is 0 Å². The van der Waals surface area contributed by atoms with Gasteiger partial charge in [0.05, 0.1) is 11.0 Å². The molecule has 0 aliphatic rings. The Bertz CT molecular complexity index is 466. The summed E-state index contributed by atoms with van der Waals surface area (Å²) in [7, 11) is -3.12. The minimum Gasteiger partial charge on any atom is -0.329 e. The molecule has 0 bridgehead atoms. The summed E-state index contributed by atoms with van der Waals surface area (Å²) in [6.45, 7) is 5.82. The summed E-state index contributed by atoms with van der Waals surface area (Å²) in [5.74, 6) is 0.0759. The third-order valence-electron chi connectivity index (χ3n) is 2.88. The van der Waals surface area contributed by atoms with Crippen molar-refractivity contribution < 1.29 is 8.42 Å². The number of aryl methyl sites for hydroxylation is 2. The van der Waals surface area contributed by atoms with Gasteiger partial charge in [-0.1, -0.05) is 18.2 Å². The number of hydrogen-bond acceptors (Lipinski definition) is 3. The van der Waals surface area contributed by atoms with Crippen LogP contribution in [-0.4, -0.2) is 20.2 Å². The Morgan fingerprint density at radius 2 is 1.88 bits per heavy atom. The molecule has 16 heavy (non-hydrogen) atoms. The maximum Gasteiger partial charge on any atom is 0.158 e. The molecule has 0 aromatic heterocycles. The van der Waals surface area contributed by atoms with E-state index in [0.29, 0.717) is 0 Å². The first-order valence-electron chi connectivity index (χ1n) is 5.34. The smallest absolute Gasteiger partial charge is 0.158 e.